The second-order valence-electron chi connectivity index (χ2n) is 3.55. The fourth-order valence-electron chi connectivity index (χ4n) is 1.26. The van der Waals surface area contributed by atoms with E-state index in [0.717, 1.165) is 12.3 Å². The van der Waals surface area contributed by atoms with E-state index in [1.807, 2.05) is 0 Å². The Morgan fingerprint density at radius 2 is 2.33 bits per heavy atom. The minimum Gasteiger partial charge on any atom is -0.340 e. The van der Waals surface area contributed by atoms with Gasteiger partial charge in [0.25, 0.3) is 5.91 Å². The standard InChI is InChI=1S/C10H14FN3O/c1-7(12)6-14(2)10(15)8-3-9(11)5-13-4-8/h3-5,7H,6,12H2,1-2H3. The Morgan fingerprint density at radius 1 is 1.67 bits per heavy atom. The Kier molecular flexibility index (Phi) is 3.74. The maximum Gasteiger partial charge on any atom is 0.255 e. The summed E-state index contributed by atoms with van der Waals surface area (Å²) >= 11 is 0. The maximum absolute atomic E-state index is 12.8. The molecule has 1 amide bonds. The van der Waals surface area contributed by atoms with Gasteiger partial charge in [0.1, 0.15) is 5.82 Å². The largest absolute Gasteiger partial charge is 0.340 e. The summed E-state index contributed by atoms with van der Waals surface area (Å²) in [7, 11) is 1.62. The number of carbonyl (C=O) groups is 1. The van der Waals surface area contributed by atoms with Crippen LogP contribution in [0.15, 0.2) is 18.5 Å². The van der Waals surface area contributed by atoms with Crippen LogP contribution in [-0.4, -0.2) is 35.4 Å². The van der Waals surface area contributed by atoms with Gasteiger partial charge in [0.05, 0.1) is 11.8 Å². The van der Waals surface area contributed by atoms with Crippen molar-refractivity contribution in [1.29, 1.82) is 0 Å². The smallest absolute Gasteiger partial charge is 0.255 e. The highest BCUT2D eigenvalue weighted by atomic mass is 19.1. The number of hydrogen-bond donors (Lipinski definition) is 1. The molecule has 15 heavy (non-hydrogen) atoms. The van der Waals surface area contributed by atoms with Gasteiger partial charge in [0.2, 0.25) is 0 Å². The third kappa shape index (κ3) is 3.28. The molecule has 82 valence electrons. The van der Waals surface area contributed by atoms with Gasteiger partial charge in [-0.05, 0) is 13.0 Å². The first-order chi connectivity index (χ1) is 7.00. The Hall–Kier alpha value is -1.49. The van der Waals surface area contributed by atoms with Crippen LogP contribution < -0.4 is 5.73 Å². The van der Waals surface area contributed by atoms with Crippen LogP contribution in [0.3, 0.4) is 0 Å². The molecule has 0 bridgehead atoms. The predicted molar refractivity (Wildman–Crippen MR) is 54.8 cm³/mol. The first kappa shape index (κ1) is 11.6. The first-order valence-electron chi connectivity index (χ1n) is 4.62. The average Bonchev–Trinajstić information content (AvgIpc) is 2.15. The van der Waals surface area contributed by atoms with Gasteiger partial charge in [-0.3, -0.25) is 9.78 Å². The number of nitrogens with zero attached hydrogens (tertiary/aromatic N) is 2. The molecule has 1 heterocycles. The van der Waals surface area contributed by atoms with Crippen molar-refractivity contribution in [3.05, 3.63) is 29.8 Å². The van der Waals surface area contributed by atoms with Crippen molar-refractivity contribution in [1.82, 2.24) is 9.88 Å². The summed E-state index contributed by atoms with van der Waals surface area (Å²) in [6, 6.07) is 1.05. The summed E-state index contributed by atoms with van der Waals surface area (Å²) < 4.78 is 12.8. The molecule has 0 saturated heterocycles. The SMILES string of the molecule is CC(N)CN(C)C(=O)c1cncc(F)c1. The van der Waals surface area contributed by atoms with Crippen LogP contribution in [0.4, 0.5) is 4.39 Å². The van der Waals surface area contributed by atoms with Crippen LogP contribution in [0.2, 0.25) is 0 Å². The van der Waals surface area contributed by atoms with Crippen LogP contribution in [0.1, 0.15) is 17.3 Å². The lowest BCUT2D eigenvalue weighted by Gasteiger charge is -2.18. The average molecular weight is 211 g/mol. The number of nitrogens with two attached hydrogens (primary N) is 1. The fourth-order valence-corrected chi connectivity index (χ4v) is 1.26. The van der Waals surface area contributed by atoms with Crippen molar-refractivity contribution in [2.45, 2.75) is 13.0 Å². The van der Waals surface area contributed by atoms with Gasteiger partial charge in [-0.25, -0.2) is 4.39 Å². The molecule has 2 N–H and O–H groups in total. The summed E-state index contributed by atoms with van der Waals surface area (Å²) in [5.74, 6) is -0.797. The first-order valence-corrected chi connectivity index (χ1v) is 4.62. The zero-order valence-corrected chi connectivity index (χ0v) is 8.77. The third-order valence-electron chi connectivity index (χ3n) is 1.86. The van der Waals surface area contributed by atoms with E-state index in [0.29, 0.717) is 6.54 Å². The lowest BCUT2D eigenvalue weighted by molar-refractivity contribution is 0.0788. The van der Waals surface area contributed by atoms with E-state index in [1.165, 1.54) is 11.1 Å². The van der Waals surface area contributed by atoms with E-state index in [-0.39, 0.29) is 17.5 Å². The molecular weight excluding hydrogens is 197 g/mol. The maximum atomic E-state index is 12.8. The summed E-state index contributed by atoms with van der Waals surface area (Å²) in [6.45, 7) is 2.23. The lowest BCUT2D eigenvalue weighted by atomic mass is 10.2. The van der Waals surface area contributed by atoms with Crippen LogP contribution >= 0.6 is 0 Å². The quantitative estimate of drug-likeness (QED) is 0.798. The highest BCUT2D eigenvalue weighted by molar-refractivity contribution is 5.93. The second-order valence-corrected chi connectivity index (χ2v) is 3.55. The van der Waals surface area contributed by atoms with E-state index >= 15 is 0 Å². The zero-order valence-electron chi connectivity index (χ0n) is 8.77. The van der Waals surface area contributed by atoms with Crippen molar-refractivity contribution in [3.63, 3.8) is 0 Å². The van der Waals surface area contributed by atoms with Crippen molar-refractivity contribution >= 4 is 5.91 Å². The number of hydrogen-bond acceptors (Lipinski definition) is 3. The molecule has 1 aromatic heterocycles. The number of halogens is 1. The van der Waals surface area contributed by atoms with E-state index in [2.05, 4.69) is 4.98 Å². The summed E-state index contributed by atoms with van der Waals surface area (Å²) in [6.07, 6.45) is 2.39. The monoisotopic (exact) mass is 211 g/mol. The van der Waals surface area contributed by atoms with Gasteiger partial charge in [-0.15, -0.1) is 0 Å². The fraction of sp³-hybridized carbons (Fsp3) is 0.400. The molecule has 0 fully saturated rings. The van der Waals surface area contributed by atoms with Gasteiger partial charge in [-0.2, -0.15) is 0 Å². The van der Waals surface area contributed by atoms with E-state index in [9.17, 15) is 9.18 Å². The molecule has 0 saturated carbocycles. The van der Waals surface area contributed by atoms with Crippen LogP contribution in [0, 0.1) is 5.82 Å². The normalized spacial score (nSPS) is 12.3. The second kappa shape index (κ2) is 4.84. The van der Waals surface area contributed by atoms with Gasteiger partial charge in [-0.1, -0.05) is 0 Å². The minimum absolute atomic E-state index is 0.111. The molecule has 0 aliphatic heterocycles. The summed E-state index contributed by atoms with van der Waals surface area (Å²) in [5.41, 5.74) is 5.79. The summed E-state index contributed by atoms with van der Waals surface area (Å²) in [5, 5.41) is 0. The predicted octanol–water partition coefficient (Wildman–Crippen LogP) is 0.640. The topological polar surface area (TPSA) is 59.2 Å². The molecule has 0 aromatic carbocycles. The van der Waals surface area contributed by atoms with Crippen molar-refractivity contribution < 1.29 is 9.18 Å². The molecular formula is C10H14FN3O. The molecule has 0 aliphatic rings. The van der Waals surface area contributed by atoms with Gasteiger partial charge < -0.3 is 10.6 Å². The molecule has 1 rings (SSSR count). The van der Waals surface area contributed by atoms with Gasteiger partial charge in [0.15, 0.2) is 0 Å². The van der Waals surface area contributed by atoms with E-state index in [4.69, 9.17) is 5.73 Å². The third-order valence-corrected chi connectivity index (χ3v) is 1.86. The Morgan fingerprint density at radius 3 is 2.87 bits per heavy atom. The Balaban J connectivity index is 2.76. The molecule has 5 heteroatoms. The van der Waals surface area contributed by atoms with E-state index in [1.54, 1.807) is 14.0 Å². The highest BCUT2D eigenvalue weighted by Crippen LogP contribution is 2.04. The molecule has 0 radical (unpaired) electrons. The number of aromatic nitrogens is 1. The van der Waals surface area contributed by atoms with Crippen LogP contribution in [0.25, 0.3) is 0 Å². The molecule has 1 aromatic rings. The Labute approximate surface area is 87.9 Å². The van der Waals surface area contributed by atoms with Crippen molar-refractivity contribution in [2.24, 2.45) is 5.73 Å². The highest BCUT2D eigenvalue weighted by Gasteiger charge is 2.13. The number of likely N-dealkylation sites (N-methyl/N-ethyl adjacent to an activating group) is 1. The van der Waals surface area contributed by atoms with Gasteiger partial charge >= 0.3 is 0 Å². The summed E-state index contributed by atoms with van der Waals surface area (Å²) in [4.78, 5) is 16.8. The molecule has 0 aliphatic carbocycles. The molecule has 4 nitrogen and oxygen atoms in total. The van der Waals surface area contributed by atoms with Crippen molar-refractivity contribution in [2.75, 3.05) is 13.6 Å². The van der Waals surface area contributed by atoms with Crippen LogP contribution in [-0.2, 0) is 0 Å². The molecule has 0 spiro atoms. The van der Waals surface area contributed by atoms with Gasteiger partial charge in [0, 0.05) is 25.8 Å². The van der Waals surface area contributed by atoms with Crippen molar-refractivity contribution in [3.8, 4) is 0 Å². The number of pyridine rings is 1. The Bertz CT molecular complexity index is 354. The van der Waals surface area contributed by atoms with E-state index < -0.39 is 5.82 Å². The van der Waals surface area contributed by atoms with Crippen LogP contribution in [0.5, 0.6) is 0 Å². The molecule has 1 atom stereocenters. The number of amides is 1. The number of rotatable bonds is 3. The molecule has 1 unspecified atom stereocenters. The zero-order chi connectivity index (χ0) is 11.4. The lowest BCUT2D eigenvalue weighted by Crippen LogP contribution is -2.37. The minimum atomic E-state index is -0.518. The number of carbonyl (C=O) groups excluding carboxylic acids is 1.